The number of aromatic nitrogens is 4. The second kappa shape index (κ2) is 10.2. The number of aromatic amines is 1. The van der Waals surface area contributed by atoms with Crippen molar-refractivity contribution in [3.63, 3.8) is 0 Å². The molecule has 35 heavy (non-hydrogen) atoms. The van der Waals surface area contributed by atoms with E-state index in [1.165, 1.54) is 6.92 Å². The molecular formula is C22H27F3N6O4. The number of carbonyl (C=O) groups excluding carboxylic acids is 1. The molecule has 0 bridgehead atoms. The number of amides is 1. The summed E-state index contributed by atoms with van der Waals surface area (Å²) in [5, 5.41) is 5.13. The van der Waals surface area contributed by atoms with Gasteiger partial charge in [-0.3, -0.25) is 9.59 Å². The number of halogens is 3. The summed E-state index contributed by atoms with van der Waals surface area (Å²) in [6.07, 6.45) is 0.0108. The Labute approximate surface area is 199 Å². The lowest BCUT2D eigenvalue weighted by atomic mass is 10.0. The smallest absolute Gasteiger partial charge is 0.425 e. The van der Waals surface area contributed by atoms with Crippen LogP contribution in [0.4, 0.5) is 19.1 Å². The first-order valence-electron chi connectivity index (χ1n) is 11.4. The fourth-order valence-electron chi connectivity index (χ4n) is 4.36. The van der Waals surface area contributed by atoms with Crippen LogP contribution in [-0.2, 0) is 15.7 Å². The average molecular weight is 496 g/mol. The summed E-state index contributed by atoms with van der Waals surface area (Å²) in [6.45, 7) is 5.35. The minimum atomic E-state index is -4.89. The Bertz CT molecular complexity index is 1090. The lowest BCUT2D eigenvalue weighted by molar-refractivity contribution is -0.141. The number of likely N-dealkylation sites (tertiary alicyclic amines) is 1. The molecule has 0 radical (unpaired) electrons. The Kier molecular flexibility index (Phi) is 7.24. The third-order valence-electron chi connectivity index (χ3n) is 6.11. The third-order valence-corrected chi connectivity index (χ3v) is 6.11. The molecule has 1 amide bonds. The van der Waals surface area contributed by atoms with Crippen LogP contribution in [0.5, 0.6) is 5.75 Å². The number of carbonyl (C=O) groups is 1. The summed E-state index contributed by atoms with van der Waals surface area (Å²) >= 11 is 0. The Hall–Kier alpha value is -3.22. The zero-order valence-corrected chi connectivity index (χ0v) is 19.4. The standard InChI is InChI=1S/C22H27F3N6O4/c1-13-9-26-21(27-10-13)30-6-3-15(4-7-30)31-8-5-16(20(31)33)34-12-14(2)35-17-11-28-29-19(32)18(17)22(23,24)25/h9-11,14-16H,3-8,12H2,1-2H3,(H,29,32). The highest BCUT2D eigenvalue weighted by molar-refractivity contribution is 5.83. The number of ether oxygens (including phenoxy) is 2. The van der Waals surface area contributed by atoms with Gasteiger partial charge in [-0.05, 0) is 32.3 Å². The third kappa shape index (κ3) is 5.72. The zero-order valence-electron chi connectivity index (χ0n) is 19.4. The number of alkyl halides is 3. The molecule has 2 aromatic rings. The van der Waals surface area contributed by atoms with Crippen molar-refractivity contribution in [1.29, 1.82) is 0 Å². The van der Waals surface area contributed by atoms with Crippen molar-refractivity contribution < 1.29 is 27.4 Å². The first kappa shape index (κ1) is 24.9. The van der Waals surface area contributed by atoms with Crippen LogP contribution in [-0.4, -0.2) is 75.5 Å². The molecule has 4 heterocycles. The molecule has 2 saturated heterocycles. The van der Waals surface area contributed by atoms with Crippen LogP contribution >= 0.6 is 0 Å². The van der Waals surface area contributed by atoms with E-state index in [4.69, 9.17) is 9.47 Å². The van der Waals surface area contributed by atoms with Gasteiger partial charge >= 0.3 is 6.18 Å². The molecule has 4 rings (SSSR count). The van der Waals surface area contributed by atoms with Gasteiger partial charge in [-0.2, -0.15) is 18.3 Å². The largest absolute Gasteiger partial charge is 0.486 e. The van der Waals surface area contributed by atoms with E-state index in [0.29, 0.717) is 18.9 Å². The van der Waals surface area contributed by atoms with Crippen LogP contribution in [0.25, 0.3) is 0 Å². The molecule has 2 atom stereocenters. The van der Waals surface area contributed by atoms with Gasteiger partial charge in [0.1, 0.15) is 12.2 Å². The summed E-state index contributed by atoms with van der Waals surface area (Å²) in [6, 6.07) is 0.0860. The van der Waals surface area contributed by atoms with E-state index in [1.807, 2.05) is 11.8 Å². The lowest BCUT2D eigenvalue weighted by Crippen LogP contribution is -2.47. The van der Waals surface area contributed by atoms with E-state index in [-0.39, 0.29) is 18.6 Å². The van der Waals surface area contributed by atoms with Crippen LogP contribution in [0.3, 0.4) is 0 Å². The molecule has 2 unspecified atom stereocenters. The van der Waals surface area contributed by atoms with Crippen LogP contribution in [0, 0.1) is 6.92 Å². The van der Waals surface area contributed by atoms with Crippen molar-refractivity contribution in [3.8, 4) is 5.75 Å². The number of aryl methyl sites for hydroxylation is 1. The van der Waals surface area contributed by atoms with E-state index < -0.39 is 35.3 Å². The first-order chi connectivity index (χ1) is 16.6. The molecule has 2 aromatic heterocycles. The number of nitrogens with zero attached hydrogens (tertiary/aromatic N) is 5. The highest BCUT2D eigenvalue weighted by Crippen LogP contribution is 2.33. The van der Waals surface area contributed by atoms with Crippen LogP contribution in [0.1, 0.15) is 37.3 Å². The quantitative estimate of drug-likeness (QED) is 0.619. The van der Waals surface area contributed by atoms with Crippen molar-refractivity contribution in [3.05, 3.63) is 40.1 Å². The Morgan fingerprint density at radius 2 is 1.80 bits per heavy atom. The van der Waals surface area contributed by atoms with E-state index >= 15 is 0 Å². The maximum Gasteiger partial charge on any atom is 0.425 e. The van der Waals surface area contributed by atoms with Crippen molar-refractivity contribution >= 4 is 11.9 Å². The van der Waals surface area contributed by atoms with Crippen molar-refractivity contribution in [2.45, 2.75) is 57.5 Å². The van der Waals surface area contributed by atoms with Gasteiger partial charge in [0.05, 0.1) is 12.8 Å². The molecule has 0 aliphatic carbocycles. The van der Waals surface area contributed by atoms with Gasteiger partial charge in [0.15, 0.2) is 11.3 Å². The minimum Gasteiger partial charge on any atom is -0.486 e. The fraction of sp³-hybridized carbons (Fsp3) is 0.591. The number of piperidine rings is 1. The highest BCUT2D eigenvalue weighted by Gasteiger charge is 2.40. The van der Waals surface area contributed by atoms with Crippen LogP contribution in [0.2, 0.25) is 0 Å². The molecular weight excluding hydrogens is 469 g/mol. The number of hydrogen-bond acceptors (Lipinski definition) is 8. The summed E-state index contributed by atoms with van der Waals surface area (Å²) in [4.78, 5) is 37.1. The zero-order chi connectivity index (χ0) is 25.2. The fourth-order valence-corrected chi connectivity index (χ4v) is 4.36. The number of H-pyrrole nitrogens is 1. The number of nitrogens with one attached hydrogen (secondary N) is 1. The van der Waals surface area contributed by atoms with Crippen LogP contribution < -0.4 is 15.2 Å². The summed E-state index contributed by atoms with van der Waals surface area (Å²) in [5.74, 6) is -0.127. The van der Waals surface area contributed by atoms with Gasteiger partial charge in [0.2, 0.25) is 5.95 Å². The van der Waals surface area contributed by atoms with E-state index in [1.54, 1.807) is 17.5 Å². The molecule has 10 nitrogen and oxygen atoms in total. The number of hydrogen-bond donors (Lipinski definition) is 1. The van der Waals surface area contributed by atoms with Gasteiger partial charge in [0, 0.05) is 44.5 Å². The van der Waals surface area contributed by atoms with E-state index in [0.717, 1.165) is 37.7 Å². The van der Waals surface area contributed by atoms with E-state index in [9.17, 15) is 22.8 Å². The van der Waals surface area contributed by atoms with Crippen molar-refractivity contribution in [2.75, 3.05) is 31.1 Å². The Morgan fingerprint density at radius 1 is 1.11 bits per heavy atom. The maximum atomic E-state index is 13.2. The SMILES string of the molecule is Cc1cnc(N2CCC(N3CCC(OCC(C)Oc4cn[nH]c(=O)c4C(F)(F)F)C3=O)CC2)nc1. The molecule has 2 aliphatic rings. The molecule has 2 fully saturated rings. The Morgan fingerprint density at radius 3 is 2.46 bits per heavy atom. The van der Waals surface area contributed by atoms with E-state index in [2.05, 4.69) is 20.0 Å². The summed E-state index contributed by atoms with van der Waals surface area (Å²) in [7, 11) is 0. The molecule has 0 spiro atoms. The van der Waals surface area contributed by atoms with Gasteiger partial charge in [-0.15, -0.1) is 0 Å². The second-order valence-electron chi connectivity index (χ2n) is 8.79. The van der Waals surface area contributed by atoms with Gasteiger partial charge in [-0.25, -0.2) is 15.1 Å². The molecule has 190 valence electrons. The molecule has 0 saturated carbocycles. The first-order valence-corrected chi connectivity index (χ1v) is 11.4. The molecule has 0 aromatic carbocycles. The molecule has 2 aliphatic heterocycles. The normalized spacial score (nSPS) is 20.4. The van der Waals surface area contributed by atoms with Crippen molar-refractivity contribution in [1.82, 2.24) is 25.1 Å². The predicted octanol–water partition coefficient (Wildman–Crippen LogP) is 1.94. The molecule has 13 heteroatoms. The summed E-state index contributed by atoms with van der Waals surface area (Å²) < 4.78 is 50.5. The van der Waals surface area contributed by atoms with Crippen molar-refractivity contribution in [2.24, 2.45) is 0 Å². The Balaban J connectivity index is 1.27. The number of rotatable bonds is 7. The maximum absolute atomic E-state index is 13.2. The van der Waals surface area contributed by atoms with Crippen LogP contribution in [0.15, 0.2) is 23.4 Å². The minimum absolute atomic E-state index is 0.0860. The predicted molar refractivity (Wildman–Crippen MR) is 118 cm³/mol. The second-order valence-corrected chi connectivity index (χ2v) is 8.79. The topological polar surface area (TPSA) is 114 Å². The average Bonchev–Trinajstić information content (AvgIpc) is 3.18. The van der Waals surface area contributed by atoms with Gasteiger partial charge in [0.25, 0.3) is 11.5 Å². The monoisotopic (exact) mass is 496 g/mol. The van der Waals surface area contributed by atoms with Gasteiger partial charge in [-0.1, -0.05) is 0 Å². The molecule has 1 N–H and O–H groups in total. The summed E-state index contributed by atoms with van der Waals surface area (Å²) in [5.41, 5.74) is -1.85. The highest BCUT2D eigenvalue weighted by atomic mass is 19.4. The lowest BCUT2D eigenvalue weighted by Gasteiger charge is -2.36. The van der Waals surface area contributed by atoms with Gasteiger partial charge < -0.3 is 19.3 Å². The number of anilines is 1.